The van der Waals surface area contributed by atoms with Crippen LogP contribution in [0.5, 0.6) is 5.75 Å². The third kappa shape index (κ3) is 4.20. The average Bonchev–Trinajstić information content (AvgIpc) is 3.24. The van der Waals surface area contributed by atoms with Crippen molar-refractivity contribution in [3.8, 4) is 5.75 Å². The molecule has 1 aliphatic heterocycles. The molecule has 10 nitrogen and oxygen atoms in total. The van der Waals surface area contributed by atoms with E-state index in [0.717, 1.165) is 12.1 Å². The van der Waals surface area contributed by atoms with Gasteiger partial charge >= 0.3 is 16.1 Å². The smallest absolute Gasteiger partial charge is 0.346 e. The number of benzene rings is 2. The number of nitrogens with zero attached hydrogens (tertiary/aromatic N) is 3. The molecule has 158 valence electrons. The Labute approximate surface area is 179 Å². The number of hydrogen-bond donors (Lipinski definition) is 1. The van der Waals surface area contributed by atoms with Gasteiger partial charge in [0.2, 0.25) is 0 Å². The summed E-state index contributed by atoms with van der Waals surface area (Å²) in [6.45, 7) is 0. The molecule has 1 aromatic heterocycles. The lowest BCUT2D eigenvalue weighted by atomic mass is 10.2. The van der Waals surface area contributed by atoms with Crippen molar-refractivity contribution in [2.24, 2.45) is 4.99 Å². The van der Waals surface area contributed by atoms with Gasteiger partial charge in [-0.15, -0.1) is 11.8 Å². The first-order valence-corrected chi connectivity index (χ1v) is 11.2. The Morgan fingerprint density at radius 2 is 1.97 bits per heavy atom. The van der Waals surface area contributed by atoms with Crippen LogP contribution < -0.4 is 4.18 Å². The molecular formula is C19H13N3O7S2. The van der Waals surface area contributed by atoms with Crippen molar-refractivity contribution in [3.63, 3.8) is 0 Å². The maximum Gasteiger partial charge on any atom is 0.346 e. The minimum Gasteiger partial charge on any atom is -0.480 e. The van der Waals surface area contributed by atoms with Crippen LogP contribution in [0, 0.1) is 10.1 Å². The Bertz CT molecular complexity index is 1360. The molecule has 4 rings (SSSR count). The summed E-state index contributed by atoms with van der Waals surface area (Å²) in [5, 5.41) is 21.3. The van der Waals surface area contributed by atoms with E-state index in [9.17, 15) is 23.3 Å². The molecule has 31 heavy (non-hydrogen) atoms. The molecule has 0 spiro atoms. The predicted molar refractivity (Wildman–Crippen MR) is 113 cm³/mol. The third-order valence-electron chi connectivity index (χ3n) is 4.35. The first kappa shape index (κ1) is 20.8. The Hall–Kier alpha value is -3.51. The molecule has 0 aliphatic carbocycles. The standard InChI is InChI=1S/C19H13N3O7S2/c23-19(24)15-10-30-18(21-15)14-7-5-11-9-12(6-8-13(11)20-14)29-31(27,28)17-4-2-1-3-16(17)22(25)26/h1-9,15H,10H2,(H,23,24)/t15-/m1/s1. The monoisotopic (exact) mass is 459 g/mol. The van der Waals surface area contributed by atoms with E-state index < -0.39 is 37.6 Å². The fraction of sp³-hybridized carbons (Fsp3) is 0.105. The molecule has 12 heteroatoms. The number of rotatable bonds is 6. The van der Waals surface area contributed by atoms with Crippen molar-refractivity contribution in [1.82, 2.24) is 4.98 Å². The normalized spacial score (nSPS) is 16.1. The van der Waals surface area contributed by atoms with Crippen molar-refractivity contribution in [2.45, 2.75) is 10.9 Å². The van der Waals surface area contributed by atoms with Gasteiger partial charge in [0.1, 0.15) is 10.8 Å². The summed E-state index contributed by atoms with van der Waals surface area (Å²) in [5.74, 6) is -0.690. The highest BCUT2D eigenvalue weighted by atomic mass is 32.2. The van der Waals surface area contributed by atoms with Crippen molar-refractivity contribution in [2.75, 3.05) is 5.75 Å². The number of carbonyl (C=O) groups is 1. The van der Waals surface area contributed by atoms with Gasteiger partial charge in [0.15, 0.2) is 10.9 Å². The Balaban J connectivity index is 1.63. The number of nitro groups is 1. The molecule has 0 bridgehead atoms. The van der Waals surface area contributed by atoms with Crippen molar-refractivity contribution in [3.05, 3.63) is 70.4 Å². The van der Waals surface area contributed by atoms with Crippen molar-refractivity contribution >= 4 is 49.5 Å². The lowest BCUT2D eigenvalue weighted by Gasteiger charge is -2.09. The molecule has 3 aromatic rings. The van der Waals surface area contributed by atoms with Crippen LogP contribution in [0.1, 0.15) is 5.69 Å². The number of fused-ring (bicyclic) bond motifs is 1. The SMILES string of the molecule is O=C(O)[C@H]1CSC(c2ccc3cc(OS(=O)(=O)c4ccccc4[N+](=O)[O-])ccc3n2)=N1. The maximum atomic E-state index is 12.6. The number of aliphatic carboxylic acids is 1. The lowest BCUT2D eigenvalue weighted by molar-refractivity contribution is -0.387. The van der Waals surface area contributed by atoms with E-state index in [1.54, 1.807) is 12.1 Å². The average molecular weight is 459 g/mol. The van der Waals surface area contributed by atoms with Crippen LogP contribution in [0.25, 0.3) is 10.9 Å². The van der Waals surface area contributed by atoms with Gasteiger partial charge in [-0.1, -0.05) is 18.2 Å². The van der Waals surface area contributed by atoms with Gasteiger partial charge in [0.25, 0.3) is 5.69 Å². The highest BCUT2D eigenvalue weighted by molar-refractivity contribution is 8.14. The number of aromatic nitrogens is 1. The molecule has 0 amide bonds. The molecule has 0 fully saturated rings. The zero-order valence-electron chi connectivity index (χ0n) is 15.5. The summed E-state index contributed by atoms with van der Waals surface area (Å²) < 4.78 is 30.2. The largest absolute Gasteiger partial charge is 0.480 e. The number of pyridine rings is 1. The van der Waals surface area contributed by atoms with Crippen LogP contribution in [0.2, 0.25) is 0 Å². The molecular weight excluding hydrogens is 446 g/mol. The van der Waals surface area contributed by atoms with Crippen LogP contribution >= 0.6 is 11.8 Å². The van der Waals surface area contributed by atoms with Gasteiger partial charge in [0, 0.05) is 17.2 Å². The second kappa shape index (κ2) is 7.96. The van der Waals surface area contributed by atoms with Gasteiger partial charge in [0.05, 0.1) is 16.1 Å². The molecule has 2 aromatic carbocycles. The molecule has 1 aliphatic rings. The van der Waals surface area contributed by atoms with Crippen molar-refractivity contribution in [1.29, 1.82) is 0 Å². The number of carboxylic acid groups (broad SMARTS) is 1. The summed E-state index contributed by atoms with van der Waals surface area (Å²) in [6.07, 6.45) is 0. The molecule has 1 N–H and O–H groups in total. The van der Waals surface area contributed by atoms with E-state index in [-0.39, 0.29) is 5.75 Å². The summed E-state index contributed by atoms with van der Waals surface area (Å²) in [4.78, 5) is 29.4. The second-order valence-electron chi connectivity index (χ2n) is 6.41. The number of nitro benzene ring substituents is 1. The maximum absolute atomic E-state index is 12.6. The van der Waals surface area contributed by atoms with Gasteiger partial charge < -0.3 is 9.29 Å². The van der Waals surface area contributed by atoms with E-state index in [4.69, 9.17) is 9.29 Å². The Morgan fingerprint density at radius 3 is 2.68 bits per heavy atom. The number of para-hydroxylation sites is 1. The molecule has 0 unspecified atom stereocenters. The number of carboxylic acids is 1. The summed E-state index contributed by atoms with van der Waals surface area (Å²) >= 11 is 1.30. The molecule has 2 heterocycles. The molecule has 0 saturated heterocycles. The van der Waals surface area contributed by atoms with E-state index >= 15 is 0 Å². The third-order valence-corrected chi connectivity index (χ3v) is 6.72. The summed E-state index contributed by atoms with van der Waals surface area (Å²) in [7, 11) is -4.43. The molecule has 0 saturated carbocycles. The first-order chi connectivity index (χ1) is 14.7. The van der Waals surface area contributed by atoms with Crippen LogP contribution in [0.4, 0.5) is 5.69 Å². The van der Waals surface area contributed by atoms with E-state index in [1.807, 2.05) is 0 Å². The highest BCUT2D eigenvalue weighted by Crippen LogP contribution is 2.29. The lowest BCUT2D eigenvalue weighted by Crippen LogP contribution is -2.17. The fourth-order valence-corrected chi connectivity index (χ4v) is 4.99. The zero-order valence-corrected chi connectivity index (χ0v) is 17.2. The van der Waals surface area contributed by atoms with Crippen molar-refractivity contribution < 1.29 is 27.4 Å². The minimum atomic E-state index is -4.43. The van der Waals surface area contributed by atoms with Gasteiger partial charge in [-0.2, -0.15) is 8.42 Å². The zero-order chi connectivity index (χ0) is 22.2. The number of aliphatic imine (C=N–C) groups is 1. The van der Waals surface area contributed by atoms with E-state index in [1.165, 1.54) is 42.1 Å². The molecule has 0 radical (unpaired) electrons. The van der Waals surface area contributed by atoms with Crippen LogP contribution in [0.3, 0.4) is 0 Å². The van der Waals surface area contributed by atoms with E-state index in [2.05, 4.69) is 9.98 Å². The second-order valence-corrected chi connectivity index (χ2v) is 8.94. The fourth-order valence-electron chi connectivity index (χ4n) is 2.91. The van der Waals surface area contributed by atoms with Crippen LogP contribution in [-0.4, -0.2) is 46.2 Å². The Kier molecular flexibility index (Phi) is 5.33. The van der Waals surface area contributed by atoms with Crippen LogP contribution in [0.15, 0.2) is 64.5 Å². The predicted octanol–water partition coefficient (Wildman–Crippen LogP) is 2.86. The molecule has 1 atom stereocenters. The summed E-state index contributed by atoms with van der Waals surface area (Å²) in [6, 6.07) is 11.8. The first-order valence-electron chi connectivity index (χ1n) is 8.77. The van der Waals surface area contributed by atoms with Gasteiger partial charge in [-0.3, -0.25) is 15.1 Å². The number of hydrogen-bond acceptors (Lipinski definition) is 9. The van der Waals surface area contributed by atoms with Gasteiger partial charge in [-0.05, 0) is 30.3 Å². The Morgan fingerprint density at radius 1 is 1.19 bits per heavy atom. The highest BCUT2D eigenvalue weighted by Gasteiger charge is 2.28. The minimum absolute atomic E-state index is 0.0290. The quantitative estimate of drug-likeness (QED) is 0.333. The number of thioether (sulfide) groups is 1. The van der Waals surface area contributed by atoms with Gasteiger partial charge in [-0.25, -0.2) is 9.78 Å². The summed E-state index contributed by atoms with van der Waals surface area (Å²) in [5.41, 5.74) is 0.460. The topological polar surface area (TPSA) is 149 Å². The van der Waals surface area contributed by atoms with E-state index in [0.29, 0.717) is 27.4 Å². The van der Waals surface area contributed by atoms with Crippen LogP contribution in [-0.2, 0) is 14.9 Å².